The largest absolute Gasteiger partial charge is 0.456 e. The summed E-state index contributed by atoms with van der Waals surface area (Å²) in [5.74, 6) is 0. The van der Waals surface area contributed by atoms with Gasteiger partial charge in [0.1, 0.15) is 11.2 Å². The van der Waals surface area contributed by atoms with Gasteiger partial charge in [0.15, 0.2) is 8.07 Å². The number of anilines is 3. The van der Waals surface area contributed by atoms with Gasteiger partial charge < -0.3 is 9.32 Å². The van der Waals surface area contributed by atoms with Crippen LogP contribution in [-0.4, -0.2) is 8.07 Å². The quantitative estimate of drug-likeness (QED) is 0.106. The normalized spacial score (nSPS) is 12.8. The zero-order valence-electron chi connectivity index (χ0n) is 37.0. The molecule has 0 bridgehead atoms. The SMILES string of the molecule is CC1(C)c2ccccc2-c2cc(N(c3ccc(-c4ccc([Si](c5ccccc5)(c5ccccc5)c5ccccc5)cc4)cc3)c3ccc(-c4ccc5c(c4)oc4ccccc45)cc3)ccc21. The van der Waals surface area contributed by atoms with Gasteiger partial charge in [0.05, 0.1) is 0 Å². The lowest BCUT2D eigenvalue weighted by molar-refractivity contribution is 0.660. The van der Waals surface area contributed by atoms with Crippen molar-refractivity contribution in [2.24, 2.45) is 0 Å². The molecule has 0 atom stereocenters. The number of rotatable bonds is 9. The van der Waals surface area contributed by atoms with E-state index in [9.17, 15) is 0 Å². The number of para-hydroxylation sites is 1. The van der Waals surface area contributed by atoms with Crippen LogP contribution < -0.4 is 25.6 Å². The smallest absolute Gasteiger partial charge is 0.179 e. The molecule has 0 radical (unpaired) electrons. The van der Waals surface area contributed by atoms with Crippen LogP contribution >= 0.6 is 0 Å². The van der Waals surface area contributed by atoms with Crippen LogP contribution in [0.5, 0.6) is 0 Å². The van der Waals surface area contributed by atoms with Crippen molar-refractivity contribution in [2.45, 2.75) is 19.3 Å². The molecule has 0 saturated heterocycles. The van der Waals surface area contributed by atoms with Crippen molar-refractivity contribution in [3.8, 4) is 33.4 Å². The minimum Gasteiger partial charge on any atom is -0.456 e. The van der Waals surface area contributed by atoms with Gasteiger partial charge in [-0.2, -0.15) is 0 Å². The molecule has 0 amide bonds. The monoisotopic (exact) mass is 861 g/mol. The average Bonchev–Trinajstić information content (AvgIpc) is 3.87. The molecule has 2 nitrogen and oxygen atoms in total. The van der Waals surface area contributed by atoms with Gasteiger partial charge in [0, 0.05) is 33.2 Å². The number of benzene rings is 10. The maximum absolute atomic E-state index is 6.28. The summed E-state index contributed by atoms with van der Waals surface area (Å²) in [6, 6.07) is 91.6. The Kier molecular flexibility index (Phi) is 9.55. The van der Waals surface area contributed by atoms with Gasteiger partial charge in [0.2, 0.25) is 0 Å². The third-order valence-electron chi connectivity index (χ3n) is 14.1. The summed E-state index contributed by atoms with van der Waals surface area (Å²) in [6.45, 7) is 4.68. The van der Waals surface area contributed by atoms with Crippen LogP contribution in [0.2, 0.25) is 0 Å². The maximum atomic E-state index is 6.28. The molecular formula is C63H47NOSi. The molecule has 1 heterocycles. The number of hydrogen-bond donors (Lipinski definition) is 0. The average molecular weight is 862 g/mol. The summed E-state index contributed by atoms with van der Waals surface area (Å²) >= 11 is 0. The van der Waals surface area contributed by atoms with Crippen LogP contribution in [0.3, 0.4) is 0 Å². The van der Waals surface area contributed by atoms with Gasteiger partial charge in [-0.3, -0.25) is 0 Å². The molecule has 314 valence electrons. The van der Waals surface area contributed by atoms with E-state index >= 15 is 0 Å². The van der Waals surface area contributed by atoms with Crippen molar-refractivity contribution in [3.63, 3.8) is 0 Å². The van der Waals surface area contributed by atoms with Crippen molar-refractivity contribution < 1.29 is 4.42 Å². The van der Waals surface area contributed by atoms with Gasteiger partial charge in [-0.05, 0) is 120 Å². The number of furan rings is 1. The fourth-order valence-corrected chi connectivity index (χ4v) is 15.5. The summed E-state index contributed by atoms with van der Waals surface area (Å²) in [5.41, 5.74) is 15.1. The molecule has 0 spiro atoms. The predicted molar refractivity (Wildman–Crippen MR) is 280 cm³/mol. The Balaban J connectivity index is 0.929. The van der Waals surface area contributed by atoms with E-state index in [2.05, 4.69) is 255 Å². The van der Waals surface area contributed by atoms with Crippen molar-refractivity contribution in [1.82, 2.24) is 0 Å². The molecule has 66 heavy (non-hydrogen) atoms. The van der Waals surface area contributed by atoms with Crippen LogP contribution in [0.25, 0.3) is 55.3 Å². The number of hydrogen-bond acceptors (Lipinski definition) is 2. The van der Waals surface area contributed by atoms with Crippen molar-refractivity contribution in [2.75, 3.05) is 4.90 Å². The minimum absolute atomic E-state index is 0.0689. The molecule has 3 heteroatoms. The molecule has 0 aliphatic heterocycles. The highest BCUT2D eigenvalue weighted by atomic mass is 28.3. The maximum Gasteiger partial charge on any atom is 0.179 e. The highest BCUT2D eigenvalue weighted by molar-refractivity contribution is 7.19. The van der Waals surface area contributed by atoms with Crippen LogP contribution in [0, 0.1) is 0 Å². The molecule has 0 N–H and O–H groups in total. The zero-order valence-corrected chi connectivity index (χ0v) is 38.0. The van der Waals surface area contributed by atoms with Crippen molar-refractivity contribution in [1.29, 1.82) is 0 Å². The first-order valence-electron chi connectivity index (χ1n) is 22.9. The van der Waals surface area contributed by atoms with Crippen LogP contribution in [0.4, 0.5) is 17.1 Å². The molecule has 1 aliphatic carbocycles. The first-order chi connectivity index (χ1) is 32.5. The van der Waals surface area contributed by atoms with Crippen LogP contribution in [0.15, 0.2) is 253 Å². The van der Waals surface area contributed by atoms with Gasteiger partial charge in [-0.25, -0.2) is 0 Å². The third-order valence-corrected chi connectivity index (χ3v) is 18.9. The highest BCUT2D eigenvalue weighted by Gasteiger charge is 2.41. The van der Waals surface area contributed by atoms with Gasteiger partial charge in [0.25, 0.3) is 0 Å². The molecule has 10 aromatic carbocycles. The van der Waals surface area contributed by atoms with Gasteiger partial charge in [-0.15, -0.1) is 0 Å². The summed E-state index contributed by atoms with van der Waals surface area (Å²) < 4.78 is 6.28. The lowest BCUT2D eigenvalue weighted by Gasteiger charge is -2.34. The van der Waals surface area contributed by atoms with Crippen molar-refractivity contribution >= 4 is 67.8 Å². The summed E-state index contributed by atoms with van der Waals surface area (Å²) in [6.07, 6.45) is 0. The molecule has 0 fully saturated rings. The van der Waals surface area contributed by atoms with E-state index in [-0.39, 0.29) is 5.41 Å². The Hall–Kier alpha value is -7.98. The van der Waals surface area contributed by atoms with Gasteiger partial charge in [-0.1, -0.05) is 208 Å². The second-order valence-electron chi connectivity index (χ2n) is 18.1. The Labute approximate surface area is 387 Å². The third kappa shape index (κ3) is 6.46. The van der Waals surface area contributed by atoms with Gasteiger partial charge >= 0.3 is 0 Å². The predicted octanol–water partition coefficient (Wildman–Crippen LogP) is 14.1. The molecule has 0 saturated carbocycles. The summed E-state index contributed by atoms with van der Waals surface area (Å²) in [5, 5.41) is 7.76. The topological polar surface area (TPSA) is 16.4 Å². The minimum atomic E-state index is -2.62. The van der Waals surface area contributed by atoms with E-state index in [0.717, 1.165) is 50.1 Å². The van der Waals surface area contributed by atoms with Crippen molar-refractivity contribution in [3.05, 3.63) is 260 Å². The number of fused-ring (bicyclic) bond motifs is 6. The Morgan fingerprint density at radius 2 is 0.773 bits per heavy atom. The van der Waals surface area contributed by atoms with E-state index in [1.807, 2.05) is 12.1 Å². The van der Waals surface area contributed by atoms with E-state index in [4.69, 9.17) is 4.42 Å². The first-order valence-corrected chi connectivity index (χ1v) is 24.9. The second kappa shape index (κ2) is 15.9. The molecule has 1 aromatic heterocycles. The Bertz CT molecular complexity index is 3420. The Morgan fingerprint density at radius 1 is 0.333 bits per heavy atom. The molecule has 0 unspecified atom stereocenters. The zero-order chi connectivity index (χ0) is 44.2. The fourth-order valence-electron chi connectivity index (χ4n) is 10.8. The summed E-state index contributed by atoms with van der Waals surface area (Å²) in [4.78, 5) is 2.40. The van der Waals surface area contributed by atoms with E-state index < -0.39 is 8.07 Å². The first kappa shape index (κ1) is 39.6. The highest BCUT2D eigenvalue weighted by Crippen LogP contribution is 2.50. The fraction of sp³-hybridized carbons (Fsp3) is 0.0476. The lowest BCUT2D eigenvalue weighted by Crippen LogP contribution is -2.74. The number of nitrogens with zero attached hydrogens (tertiary/aromatic N) is 1. The van der Waals surface area contributed by atoms with Crippen LogP contribution in [0.1, 0.15) is 25.0 Å². The molecular weight excluding hydrogens is 815 g/mol. The standard InChI is InChI=1S/C63H47NOSi/c1-63(2)59-24-14-12-22-55(59)58-43-50(37-41-60(58)63)64(49-35-28-46(29-36-49)47-32-40-57-56-23-13-15-25-61(56)65-62(57)42-47)48-33-26-44(27-34-48)45-30-38-54(39-31-45)66(51-16-6-3-7-17-51,52-18-8-4-9-19-52)53-20-10-5-11-21-53/h3-43H,1-2H3. The Morgan fingerprint density at radius 3 is 1.38 bits per heavy atom. The summed E-state index contributed by atoms with van der Waals surface area (Å²) in [7, 11) is -2.62. The molecule has 1 aliphatic rings. The molecule has 11 aromatic rings. The van der Waals surface area contributed by atoms with Crippen LogP contribution in [-0.2, 0) is 5.41 Å². The molecule has 12 rings (SSSR count). The lowest BCUT2D eigenvalue weighted by atomic mass is 9.82. The van der Waals surface area contributed by atoms with E-state index in [1.165, 1.54) is 54.1 Å². The van der Waals surface area contributed by atoms with E-state index in [1.54, 1.807) is 0 Å². The second-order valence-corrected chi connectivity index (χ2v) is 21.9. The van der Waals surface area contributed by atoms with E-state index in [0.29, 0.717) is 0 Å².